The molecule has 24 heavy (non-hydrogen) atoms. The highest BCUT2D eigenvalue weighted by atomic mass is 32.1. The molecule has 3 heterocycles. The summed E-state index contributed by atoms with van der Waals surface area (Å²) in [4.78, 5) is 23.6. The van der Waals surface area contributed by atoms with Gasteiger partial charge in [0.2, 0.25) is 0 Å². The van der Waals surface area contributed by atoms with Gasteiger partial charge in [0.25, 0.3) is 5.56 Å². The lowest BCUT2D eigenvalue weighted by Crippen LogP contribution is -2.09. The van der Waals surface area contributed by atoms with Gasteiger partial charge in [0.05, 0.1) is 5.52 Å². The first kappa shape index (κ1) is 14.7. The van der Waals surface area contributed by atoms with Crippen molar-refractivity contribution >= 4 is 21.6 Å². The van der Waals surface area contributed by atoms with E-state index in [1.807, 2.05) is 0 Å². The molecule has 0 amide bonds. The largest absolute Gasteiger partial charge is 0.331 e. The van der Waals surface area contributed by atoms with Gasteiger partial charge in [-0.25, -0.2) is 18.7 Å². The van der Waals surface area contributed by atoms with Gasteiger partial charge >= 0.3 is 0 Å². The number of H-pyrrole nitrogens is 1. The van der Waals surface area contributed by atoms with Crippen molar-refractivity contribution in [2.45, 2.75) is 0 Å². The summed E-state index contributed by atoms with van der Waals surface area (Å²) in [5, 5.41) is 1.64. The molecule has 0 unspecified atom stereocenters. The van der Waals surface area contributed by atoms with E-state index in [2.05, 4.69) is 15.0 Å². The van der Waals surface area contributed by atoms with E-state index in [9.17, 15) is 13.6 Å². The molecule has 5 nitrogen and oxygen atoms in total. The van der Waals surface area contributed by atoms with E-state index in [-0.39, 0.29) is 11.1 Å². The zero-order valence-corrected chi connectivity index (χ0v) is 13.2. The number of nitrogens with zero attached hydrogens (tertiary/aromatic N) is 3. The third kappa shape index (κ3) is 2.23. The standard InChI is InChI=1S/C16H10F2N4OS/c1-22-5-4-19-15(22)14-20-12-10(7-24-13(12)16(23)21-14)9-3-2-8(17)6-11(9)18/h2-7H,1H3,(H,20,21,23). The molecule has 0 saturated heterocycles. The summed E-state index contributed by atoms with van der Waals surface area (Å²) in [7, 11) is 1.78. The van der Waals surface area contributed by atoms with E-state index in [4.69, 9.17) is 0 Å². The number of hydrogen-bond acceptors (Lipinski definition) is 4. The summed E-state index contributed by atoms with van der Waals surface area (Å²) in [5.41, 5.74) is 0.699. The monoisotopic (exact) mass is 344 g/mol. The third-order valence-corrected chi connectivity index (χ3v) is 4.65. The topological polar surface area (TPSA) is 63.6 Å². The minimum Gasteiger partial charge on any atom is -0.331 e. The van der Waals surface area contributed by atoms with Crippen molar-refractivity contribution in [1.82, 2.24) is 19.5 Å². The Kier molecular flexibility index (Phi) is 3.27. The summed E-state index contributed by atoms with van der Waals surface area (Å²) in [6.07, 6.45) is 3.32. The van der Waals surface area contributed by atoms with Gasteiger partial charge in [0, 0.05) is 42.0 Å². The maximum Gasteiger partial charge on any atom is 0.269 e. The van der Waals surface area contributed by atoms with Gasteiger partial charge in [-0.15, -0.1) is 11.3 Å². The molecule has 8 heteroatoms. The van der Waals surface area contributed by atoms with Gasteiger partial charge in [-0.2, -0.15) is 0 Å². The van der Waals surface area contributed by atoms with Crippen LogP contribution in [0.25, 0.3) is 33.0 Å². The average Bonchev–Trinajstić information content (AvgIpc) is 3.14. The Balaban J connectivity index is 2.00. The van der Waals surface area contributed by atoms with E-state index in [0.29, 0.717) is 27.4 Å². The van der Waals surface area contributed by atoms with Crippen molar-refractivity contribution in [3.63, 3.8) is 0 Å². The van der Waals surface area contributed by atoms with Crippen molar-refractivity contribution in [3.05, 3.63) is 58.0 Å². The van der Waals surface area contributed by atoms with Crippen molar-refractivity contribution in [2.24, 2.45) is 7.05 Å². The van der Waals surface area contributed by atoms with Crippen molar-refractivity contribution in [2.75, 3.05) is 0 Å². The molecule has 3 aromatic heterocycles. The van der Waals surface area contributed by atoms with Crippen LogP contribution in [-0.4, -0.2) is 19.5 Å². The number of thiophene rings is 1. The summed E-state index contributed by atoms with van der Waals surface area (Å²) in [6, 6.07) is 3.33. The van der Waals surface area contributed by atoms with E-state index >= 15 is 0 Å². The van der Waals surface area contributed by atoms with Crippen LogP contribution in [0.1, 0.15) is 0 Å². The Morgan fingerprint density at radius 2 is 2.08 bits per heavy atom. The molecule has 0 fully saturated rings. The number of halogens is 2. The van der Waals surface area contributed by atoms with Gasteiger partial charge in [0.15, 0.2) is 11.6 Å². The summed E-state index contributed by atoms with van der Waals surface area (Å²) < 4.78 is 29.4. The smallest absolute Gasteiger partial charge is 0.269 e. The molecule has 0 spiro atoms. The average molecular weight is 344 g/mol. The van der Waals surface area contributed by atoms with E-state index in [1.54, 1.807) is 29.4 Å². The summed E-state index contributed by atoms with van der Waals surface area (Å²) in [6.45, 7) is 0. The number of imidazole rings is 1. The number of benzene rings is 1. The number of aromatic amines is 1. The maximum atomic E-state index is 14.1. The Hall–Kier alpha value is -2.87. The van der Waals surface area contributed by atoms with Gasteiger partial charge in [-0.1, -0.05) is 0 Å². The molecule has 0 aliphatic rings. The highest BCUT2D eigenvalue weighted by Crippen LogP contribution is 2.33. The van der Waals surface area contributed by atoms with E-state index < -0.39 is 11.6 Å². The summed E-state index contributed by atoms with van der Waals surface area (Å²) in [5.74, 6) is -0.571. The van der Waals surface area contributed by atoms with E-state index in [0.717, 1.165) is 17.4 Å². The predicted octanol–water partition coefficient (Wildman–Crippen LogP) is 3.33. The first-order chi connectivity index (χ1) is 11.5. The van der Waals surface area contributed by atoms with Crippen molar-refractivity contribution < 1.29 is 8.78 Å². The Morgan fingerprint density at radius 1 is 1.25 bits per heavy atom. The predicted molar refractivity (Wildman–Crippen MR) is 87.8 cm³/mol. The first-order valence-electron chi connectivity index (χ1n) is 6.99. The van der Waals surface area contributed by atoms with Crippen LogP contribution >= 0.6 is 11.3 Å². The second kappa shape index (κ2) is 5.34. The van der Waals surface area contributed by atoms with Crippen LogP contribution in [0.2, 0.25) is 0 Å². The fourth-order valence-electron chi connectivity index (χ4n) is 2.53. The molecule has 4 rings (SSSR count). The van der Waals surface area contributed by atoms with Crippen LogP contribution in [0.15, 0.2) is 40.8 Å². The van der Waals surface area contributed by atoms with Crippen molar-refractivity contribution in [3.8, 4) is 22.8 Å². The molecular formula is C16H10F2N4OS. The fourth-order valence-corrected chi connectivity index (χ4v) is 3.43. The quantitative estimate of drug-likeness (QED) is 0.607. The molecule has 0 atom stereocenters. The molecule has 120 valence electrons. The lowest BCUT2D eigenvalue weighted by atomic mass is 10.1. The van der Waals surface area contributed by atoms with Gasteiger partial charge in [-0.05, 0) is 12.1 Å². The molecule has 0 saturated carbocycles. The van der Waals surface area contributed by atoms with E-state index in [1.165, 1.54) is 12.1 Å². The minimum absolute atomic E-state index is 0.201. The minimum atomic E-state index is -0.699. The molecule has 0 aliphatic heterocycles. The zero-order valence-electron chi connectivity index (χ0n) is 12.4. The number of hydrogen-bond donors (Lipinski definition) is 1. The number of fused-ring (bicyclic) bond motifs is 1. The van der Waals surface area contributed by atoms with Gasteiger partial charge < -0.3 is 9.55 Å². The second-order valence-electron chi connectivity index (χ2n) is 5.23. The molecule has 4 aromatic rings. The van der Waals surface area contributed by atoms with Crippen LogP contribution in [0.5, 0.6) is 0 Å². The van der Waals surface area contributed by atoms with Crippen molar-refractivity contribution in [1.29, 1.82) is 0 Å². The highest BCUT2D eigenvalue weighted by Gasteiger charge is 2.17. The molecular weight excluding hydrogens is 334 g/mol. The Labute approximate surface area is 138 Å². The third-order valence-electron chi connectivity index (χ3n) is 3.68. The van der Waals surface area contributed by atoms with Crippen LogP contribution < -0.4 is 5.56 Å². The number of aromatic nitrogens is 4. The molecule has 0 bridgehead atoms. The van der Waals surface area contributed by atoms with Crippen LogP contribution in [-0.2, 0) is 7.05 Å². The maximum absolute atomic E-state index is 14.1. The lowest BCUT2D eigenvalue weighted by molar-refractivity contribution is 0.585. The van der Waals surface area contributed by atoms with Crippen LogP contribution in [0, 0.1) is 11.6 Å². The SMILES string of the molecule is Cn1ccnc1-c1nc2c(-c3ccc(F)cc3F)csc2c(=O)[nH]1. The van der Waals surface area contributed by atoms with Gasteiger partial charge in [-0.3, -0.25) is 4.79 Å². The lowest BCUT2D eigenvalue weighted by Gasteiger charge is -2.04. The molecule has 0 radical (unpaired) electrons. The zero-order chi connectivity index (χ0) is 16.8. The van der Waals surface area contributed by atoms with Crippen LogP contribution in [0.4, 0.5) is 8.78 Å². The van der Waals surface area contributed by atoms with Crippen LogP contribution in [0.3, 0.4) is 0 Å². The van der Waals surface area contributed by atoms with Gasteiger partial charge in [0.1, 0.15) is 16.3 Å². The summed E-state index contributed by atoms with van der Waals surface area (Å²) >= 11 is 1.16. The molecule has 1 N–H and O–H groups in total. The second-order valence-corrected chi connectivity index (χ2v) is 6.11. The molecule has 0 aliphatic carbocycles. The number of rotatable bonds is 2. The normalized spacial score (nSPS) is 11.3. The fraction of sp³-hybridized carbons (Fsp3) is 0.0625. The first-order valence-corrected chi connectivity index (χ1v) is 7.87. The highest BCUT2D eigenvalue weighted by molar-refractivity contribution is 7.17. The Bertz CT molecular complexity index is 1130. The molecule has 1 aromatic carbocycles. The Morgan fingerprint density at radius 3 is 2.79 bits per heavy atom. The number of aryl methyl sites for hydroxylation is 1. The number of nitrogens with one attached hydrogen (secondary N) is 1.